The molecule has 0 N–H and O–H groups in total. The molecule has 0 spiro atoms. The van der Waals surface area contributed by atoms with Gasteiger partial charge in [-0.3, -0.25) is 0 Å². The number of ether oxygens (including phenoxy) is 1. The van der Waals surface area contributed by atoms with Crippen LogP contribution in [0.1, 0.15) is 19.4 Å². The number of rotatable bonds is 8. The summed E-state index contributed by atoms with van der Waals surface area (Å²) < 4.78 is 31.8. The number of alkyl halides is 1. The molecule has 0 aliphatic heterocycles. The maximum atomic E-state index is 12.6. The fourth-order valence-corrected chi connectivity index (χ4v) is 3.77. The molecule has 1 aromatic rings. The Hall–Kier alpha value is -0.430. The van der Waals surface area contributed by atoms with Crippen LogP contribution in [-0.4, -0.2) is 39.5 Å². The van der Waals surface area contributed by atoms with E-state index in [-0.39, 0.29) is 5.92 Å². The zero-order chi connectivity index (χ0) is 15.2. The molecule has 0 saturated heterocycles. The molecule has 6 heteroatoms. The van der Waals surface area contributed by atoms with Gasteiger partial charge in [0.05, 0.1) is 11.5 Å². The summed E-state index contributed by atoms with van der Waals surface area (Å²) in [4.78, 5) is 0.332. The van der Waals surface area contributed by atoms with Crippen molar-refractivity contribution in [3.05, 3.63) is 29.8 Å². The predicted molar refractivity (Wildman–Crippen MR) is 84.5 cm³/mol. The summed E-state index contributed by atoms with van der Waals surface area (Å²) >= 11 is 3.35. The number of methoxy groups -OCH3 is 1. The van der Waals surface area contributed by atoms with Crippen molar-refractivity contribution in [1.82, 2.24) is 4.31 Å². The Morgan fingerprint density at radius 3 is 2.30 bits per heavy atom. The van der Waals surface area contributed by atoms with E-state index in [4.69, 9.17) is 4.74 Å². The fourth-order valence-electron chi connectivity index (χ4n) is 1.81. The fraction of sp³-hybridized carbons (Fsp3) is 0.571. The van der Waals surface area contributed by atoms with Crippen LogP contribution in [-0.2, 0) is 20.1 Å². The maximum Gasteiger partial charge on any atom is 0.243 e. The van der Waals surface area contributed by atoms with Crippen molar-refractivity contribution in [2.45, 2.75) is 24.1 Å². The third kappa shape index (κ3) is 4.84. The lowest BCUT2D eigenvalue weighted by Gasteiger charge is -2.23. The van der Waals surface area contributed by atoms with E-state index in [1.807, 2.05) is 26.0 Å². The van der Waals surface area contributed by atoms with Crippen molar-refractivity contribution < 1.29 is 13.2 Å². The van der Waals surface area contributed by atoms with Crippen molar-refractivity contribution >= 4 is 26.0 Å². The number of nitrogens with zero attached hydrogens (tertiary/aromatic N) is 1. The molecule has 4 nitrogen and oxygen atoms in total. The summed E-state index contributed by atoms with van der Waals surface area (Å²) in [5.74, 6) is 0.267. The number of hydrogen-bond donors (Lipinski definition) is 0. The number of sulfonamides is 1. The van der Waals surface area contributed by atoms with Crippen LogP contribution in [0.5, 0.6) is 0 Å². The van der Waals surface area contributed by atoms with E-state index in [1.54, 1.807) is 19.2 Å². The molecule has 0 aliphatic carbocycles. The van der Waals surface area contributed by atoms with Gasteiger partial charge in [-0.1, -0.05) is 41.9 Å². The highest BCUT2D eigenvalue weighted by atomic mass is 79.9. The van der Waals surface area contributed by atoms with Crippen molar-refractivity contribution in [2.75, 3.05) is 26.8 Å². The monoisotopic (exact) mass is 363 g/mol. The SMILES string of the molecule is COCCN(CC(C)C)S(=O)(=O)c1ccc(CBr)cc1. The third-order valence-corrected chi connectivity index (χ3v) is 5.36. The van der Waals surface area contributed by atoms with E-state index in [2.05, 4.69) is 15.9 Å². The Morgan fingerprint density at radius 1 is 1.25 bits per heavy atom. The average Bonchev–Trinajstić information content (AvgIpc) is 2.43. The van der Waals surface area contributed by atoms with Gasteiger partial charge >= 0.3 is 0 Å². The molecular formula is C14H22BrNO3S. The quantitative estimate of drug-likeness (QED) is 0.667. The highest BCUT2D eigenvalue weighted by Crippen LogP contribution is 2.18. The van der Waals surface area contributed by atoms with Crippen LogP contribution >= 0.6 is 15.9 Å². The van der Waals surface area contributed by atoms with Crippen molar-refractivity contribution in [3.63, 3.8) is 0 Å². The Balaban J connectivity index is 3.00. The summed E-state index contributed by atoms with van der Waals surface area (Å²) in [7, 11) is -1.88. The van der Waals surface area contributed by atoms with Crippen LogP contribution in [0.4, 0.5) is 0 Å². The van der Waals surface area contributed by atoms with Gasteiger partial charge in [-0.05, 0) is 23.6 Å². The predicted octanol–water partition coefficient (Wildman–Crippen LogP) is 2.87. The second-order valence-corrected chi connectivity index (χ2v) is 7.53. The van der Waals surface area contributed by atoms with Crippen LogP contribution in [0.15, 0.2) is 29.2 Å². The van der Waals surface area contributed by atoms with E-state index >= 15 is 0 Å². The van der Waals surface area contributed by atoms with Crippen LogP contribution in [0.2, 0.25) is 0 Å². The first-order valence-electron chi connectivity index (χ1n) is 6.55. The highest BCUT2D eigenvalue weighted by molar-refractivity contribution is 9.08. The second kappa shape index (κ2) is 8.12. The maximum absolute atomic E-state index is 12.6. The molecule has 0 heterocycles. The molecule has 0 atom stereocenters. The molecule has 0 bridgehead atoms. The van der Waals surface area contributed by atoms with E-state index in [9.17, 15) is 8.42 Å². The molecule has 1 rings (SSSR count). The summed E-state index contributed by atoms with van der Waals surface area (Å²) in [6, 6.07) is 6.97. The highest BCUT2D eigenvalue weighted by Gasteiger charge is 2.24. The van der Waals surface area contributed by atoms with Gasteiger partial charge in [-0.2, -0.15) is 4.31 Å². The molecular weight excluding hydrogens is 342 g/mol. The van der Waals surface area contributed by atoms with E-state index in [0.29, 0.717) is 29.9 Å². The minimum Gasteiger partial charge on any atom is -0.383 e. The smallest absolute Gasteiger partial charge is 0.243 e. The van der Waals surface area contributed by atoms with Crippen LogP contribution in [0.3, 0.4) is 0 Å². The van der Waals surface area contributed by atoms with Crippen molar-refractivity contribution in [3.8, 4) is 0 Å². The molecule has 0 aromatic heterocycles. The van der Waals surface area contributed by atoms with Crippen LogP contribution in [0.25, 0.3) is 0 Å². The minimum absolute atomic E-state index is 0.267. The average molecular weight is 364 g/mol. The summed E-state index contributed by atoms with van der Waals surface area (Å²) in [6.07, 6.45) is 0. The lowest BCUT2D eigenvalue weighted by atomic mass is 10.2. The zero-order valence-electron chi connectivity index (χ0n) is 12.2. The second-order valence-electron chi connectivity index (χ2n) is 5.03. The summed E-state index contributed by atoms with van der Waals surface area (Å²) in [5, 5.41) is 0.715. The molecule has 0 unspecified atom stereocenters. The van der Waals surface area contributed by atoms with Gasteiger partial charge in [0, 0.05) is 25.5 Å². The molecule has 0 fully saturated rings. The third-order valence-electron chi connectivity index (χ3n) is 2.83. The summed E-state index contributed by atoms with van der Waals surface area (Å²) in [6.45, 7) is 5.26. The lowest BCUT2D eigenvalue weighted by molar-refractivity contribution is 0.175. The van der Waals surface area contributed by atoms with Gasteiger partial charge in [0.1, 0.15) is 0 Å². The molecule has 0 amide bonds. The van der Waals surface area contributed by atoms with Gasteiger partial charge in [0.15, 0.2) is 0 Å². The first-order valence-corrected chi connectivity index (χ1v) is 9.12. The molecule has 114 valence electrons. The molecule has 0 saturated carbocycles. The normalized spacial score (nSPS) is 12.3. The standard InChI is InChI=1S/C14H22BrNO3S/c1-12(2)11-16(8-9-19-3)20(17,18)14-6-4-13(10-15)5-7-14/h4-7,12H,8-11H2,1-3H3. The number of halogens is 1. The molecule has 20 heavy (non-hydrogen) atoms. The Morgan fingerprint density at radius 2 is 1.85 bits per heavy atom. The number of hydrogen-bond acceptors (Lipinski definition) is 3. The summed E-state index contributed by atoms with van der Waals surface area (Å²) in [5.41, 5.74) is 1.05. The van der Waals surface area contributed by atoms with E-state index in [0.717, 1.165) is 5.56 Å². The van der Waals surface area contributed by atoms with E-state index in [1.165, 1.54) is 4.31 Å². The topological polar surface area (TPSA) is 46.6 Å². The van der Waals surface area contributed by atoms with Crippen LogP contribution < -0.4 is 0 Å². The molecule has 1 aromatic carbocycles. The van der Waals surface area contributed by atoms with Gasteiger partial charge < -0.3 is 4.74 Å². The lowest BCUT2D eigenvalue weighted by Crippen LogP contribution is -2.36. The number of benzene rings is 1. The van der Waals surface area contributed by atoms with Gasteiger partial charge in [0.25, 0.3) is 0 Å². The first kappa shape index (κ1) is 17.6. The first-order chi connectivity index (χ1) is 9.41. The molecule has 0 radical (unpaired) electrons. The van der Waals surface area contributed by atoms with Gasteiger partial charge in [-0.15, -0.1) is 0 Å². The Bertz CT molecular complexity index is 500. The largest absolute Gasteiger partial charge is 0.383 e. The van der Waals surface area contributed by atoms with E-state index < -0.39 is 10.0 Å². The Labute approximate surface area is 130 Å². The zero-order valence-corrected chi connectivity index (χ0v) is 14.6. The Kier molecular flexibility index (Phi) is 7.15. The van der Waals surface area contributed by atoms with Crippen molar-refractivity contribution in [1.29, 1.82) is 0 Å². The van der Waals surface area contributed by atoms with Gasteiger partial charge in [0.2, 0.25) is 10.0 Å². The van der Waals surface area contributed by atoms with Crippen molar-refractivity contribution in [2.24, 2.45) is 5.92 Å². The minimum atomic E-state index is -3.46. The van der Waals surface area contributed by atoms with Gasteiger partial charge in [-0.25, -0.2) is 8.42 Å². The molecule has 0 aliphatic rings. The van der Waals surface area contributed by atoms with Crippen LogP contribution in [0, 0.1) is 5.92 Å².